The fourth-order valence-electron chi connectivity index (χ4n) is 2.00. The molecule has 0 radical (unpaired) electrons. The Balaban J connectivity index is 2.14. The van der Waals surface area contributed by atoms with Gasteiger partial charge in [-0.05, 0) is 0 Å². The zero-order chi connectivity index (χ0) is 13.7. The highest BCUT2D eigenvalue weighted by Gasteiger charge is 2.40. The van der Waals surface area contributed by atoms with Gasteiger partial charge in [-0.25, -0.2) is 4.98 Å². The fourth-order valence-corrected chi connectivity index (χ4v) is 2.00. The molecule has 3 heterocycles. The van der Waals surface area contributed by atoms with Gasteiger partial charge < -0.3 is 26.4 Å². The SMILES string of the molecule is C=C1O[C@@H](n2cnc3c(N)nc(N)nc32)[C@H](O)[C@@H]1O. The van der Waals surface area contributed by atoms with E-state index in [2.05, 4.69) is 21.5 Å². The minimum atomic E-state index is -1.18. The number of ether oxygens (including phenoxy) is 1. The van der Waals surface area contributed by atoms with Crippen LogP contribution in [0.1, 0.15) is 6.23 Å². The number of anilines is 2. The molecule has 9 heteroatoms. The summed E-state index contributed by atoms with van der Waals surface area (Å²) in [6.07, 6.45) is -1.85. The van der Waals surface area contributed by atoms with Gasteiger partial charge in [-0.15, -0.1) is 0 Å². The van der Waals surface area contributed by atoms with Crippen molar-refractivity contribution in [3.63, 3.8) is 0 Å². The smallest absolute Gasteiger partial charge is 0.224 e. The third kappa shape index (κ3) is 1.59. The van der Waals surface area contributed by atoms with E-state index in [0.29, 0.717) is 11.2 Å². The summed E-state index contributed by atoms with van der Waals surface area (Å²) < 4.78 is 6.73. The molecule has 2 aromatic rings. The Bertz CT molecular complexity index is 669. The Morgan fingerprint density at radius 1 is 1.32 bits per heavy atom. The van der Waals surface area contributed by atoms with E-state index in [-0.39, 0.29) is 17.5 Å². The minimum Gasteiger partial charge on any atom is -0.469 e. The number of imidazole rings is 1. The Labute approximate surface area is 107 Å². The number of fused-ring (bicyclic) bond motifs is 1. The van der Waals surface area contributed by atoms with Crippen LogP contribution in [0, 0.1) is 0 Å². The largest absolute Gasteiger partial charge is 0.469 e. The Hall–Kier alpha value is -2.39. The molecule has 1 fully saturated rings. The molecule has 1 saturated heterocycles. The number of hydrogen-bond donors (Lipinski definition) is 4. The number of aromatic nitrogens is 4. The summed E-state index contributed by atoms with van der Waals surface area (Å²) in [5.74, 6) is 0.195. The van der Waals surface area contributed by atoms with E-state index in [1.54, 1.807) is 0 Å². The third-order valence-corrected chi connectivity index (χ3v) is 2.96. The lowest BCUT2D eigenvalue weighted by atomic mass is 10.2. The standard InChI is InChI=1S/C10H12N6O3/c1-3-5(17)6(18)9(19-3)16-2-13-4-7(11)14-10(12)15-8(4)16/h2,5-6,9,17-18H,1H2,(H4,11,12,14,15)/t5-,6-,9-/m1/s1. The van der Waals surface area contributed by atoms with Crippen molar-refractivity contribution in [2.45, 2.75) is 18.4 Å². The van der Waals surface area contributed by atoms with E-state index < -0.39 is 18.4 Å². The summed E-state index contributed by atoms with van der Waals surface area (Å²) in [5.41, 5.74) is 11.9. The van der Waals surface area contributed by atoms with Gasteiger partial charge in [0.1, 0.15) is 29.8 Å². The molecule has 0 bridgehead atoms. The topological polar surface area (TPSA) is 145 Å². The van der Waals surface area contributed by atoms with Crippen molar-refractivity contribution >= 4 is 22.9 Å². The number of aliphatic hydroxyl groups is 2. The molecular weight excluding hydrogens is 252 g/mol. The van der Waals surface area contributed by atoms with Crippen molar-refractivity contribution in [3.8, 4) is 0 Å². The molecule has 3 atom stereocenters. The summed E-state index contributed by atoms with van der Waals surface area (Å²) in [6.45, 7) is 3.51. The van der Waals surface area contributed by atoms with Gasteiger partial charge >= 0.3 is 0 Å². The van der Waals surface area contributed by atoms with E-state index >= 15 is 0 Å². The molecule has 0 amide bonds. The predicted molar refractivity (Wildman–Crippen MR) is 65.4 cm³/mol. The van der Waals surface area contributed by atoms with Crippen LogP contribution in [0.3, 0.4) is 0 Å². The van der Waals surface area contributed by atoms with Crippen LogP contribution in [0.25, 0.3) is 11.2 Å². The van der Waals surface area contributed by atoms with Crippen molar-refractivity contribution in [1.82, 2.24) is 19.5 Å². The molecule has 1 aliphatic heterocycles. The van der Waals surface area contributed by atoms with Gasteiger partial charge in [0.15, 0.2) is 11.5 Å². The fraction of sp³-hybridized carbons (Fsp3) is 0.300. The van der Waals surface area contributed by atoms with Crippen molar-refractivity contribution in [2.75, 3.05) is 11.5 Å². The highest BCUT2D eigenvalue weighted by molar-refractivity contribution is 5.82. The number of nitrogens with zero attached hydrogens (tertiary/aromatic N) is 4. The van der Waals surface area contributed by atoms with Crippen molar-refractivity contribution < 1.29 is 14.9 Å². The summed E-state index contributed by atoms with van der Waals surface area (Å²) in [7, 11) is 0. The second-order valence-corrected chi connectivity index (χ2v) is 4.20. The van der Waals surface area contributed by atoms with Crippen molar-refractivity contribution in [2.24, 2.45) is 0 Å². The van der Waals surface area contributed by atoms with Gasteiger partial charge in [0.05, 0.1) is 0 Å². The first-order valence-electron chi connectivity index (χ1n) is 5.46. The number of nitrogens with two attached hydrogens (primary N) is 2. The van der Waals surface area contributed by atoms with Gasteiger partial charge in [0.25, 0.3) is 0 Å². The molecule has 0 unspecified atom stereocenters. The predicted octanol–water partition coefficient (Wildman–Crippen LogP) is -1.25. The van der Waals surface area contributed by atoms with Crippen LogP contribution in [0.2, 0.25) is 0 Å². The molecule has 2 aromatic heterocycles. The average Bonchev–Trinajstić information content (AvgIpc) is 2.86. The van der Waals surface area contributed by atoms with Gasteiger partial charge in [0, 0.05) is 0 Å². The van der Waals surface area contributed by atoms with Crippen LogP contribution >= 0.6 is 0 Å². The number of hydrogen-bond acceptors (Lipinski definition) is 8. The Kier molecular flexibility index (Phi) is 2.34. The first-order chi connectivity index (χ1) is 8.99. The van der Waals surface area contributed by atoms with Crippen molar-refractivity contribution in [1.29, 1.82) is 0 Å². The maximum absolute atomic E-state index is 9.91. The summed E-state index contributed by atoms with van der Waals surface area (Å²) in [4.78, 5) is 11.8. The normalized spacial score (nSPS) is 26.8. The Morgan fingerprint density at radius 3 is 2.68 bits per heavy atom. The highest BCUT2D eigenvalue weighted by Crippen LogP contribution is 2.33. The molecule has 0 aliphatic carbocycles. The second kappa shape index (κ2) is 3.80. The van der Waals surface area contributed by atoms with E-state index in [0.717, 1.165) is 0 Å². The lowest BCUT2D eigenvalue weighted by Crippen LogP contribution is -2.27. The van der Waals surface area contributed by atoms with Crippen LogP contribution in [-0.4, -0.2) is 41.9 Å². The van der Waals surface area contributed by atoms with Crippen LogP contribution in [-0.2, 0) is 4.74 Å². The highest BCUT2D eigenvalue weighted by atomic mass is 16.5. The van der Waals surface area contributed by atoms with Crippen LogP contribution < -0.4 is 11.5 Å². The monoisotopic (exact) mass is 264 g/mol. The molecule has 100 valence electrons. The molecular formula is C10H12N6O3. The van der Waals surface area contributed by atoms with Gasteiger partial charge in [0.2, 0.25) is 12.2 Å². The van der Waals surface area contributed by atoms with Crippen LogP contribution in [0.5, 0.6) is 0 Å². The summed E-state index contributed by atoms with van der Waals surface area (Å²) >= 11 is 0. The number of nitrogen functional groups attached to an aromatic ring is 2. The maximum atomic E-state index is 9.91. The maximum Gasteiger partial charge on any atom is 0.224 e. The minimum absolute atomic E-state index is 0.0152. The first kappa shape index (κ1) is 11.7. The van der Waals surface area contributed by atoms with Crippen LogP contribution in [0.4, 0.5) is 11.8 Å². The van der Waals surface area contributed by atoms with Crippen LogP contribution in [0.15, 0.2) is 18.7 Å². The van der Waals surface area contributed by atoms with Crippen molar-refractivity contribution in [3.05, 3.63) is 18.7 Å². The van der Waals surface area contributed by atoms with E-state index in [4.69, 9.17) is 16.2 Å². The van der Waals surface area contributed by atoms with Gasteiger partial charge in [-0.2, -0.15) is 9.97 Å². The zero-order valence-corrected chi connectivity index (χ0v) is 9.76. The molecule has 9 nitrogen and oxygen atoms in total. The molecule has 6 N–H and O–H groups in total. The van der Waals surface area contributed by atoms with Gasteiger partial charge in [-0.1, -0.05) is 6.58 Å². The van der Waals surface area contributed by atoms with E-state index in [1.807, 2.05) is 0 Å². The molecule has 0 spiro atoms. The summed E-state index contributed by atoms with van der Waals surface area (Å²) in [5, 5.41) is 19.5. The van der Waals surface area contributed by atoms with E-state index in [1.165, 1.54) is 10.9 Å². The molecule has 0 saturated carbocycles. The number of aliphatic hydroxyl groups excluding tert-OH is 2. The van der Waals surface area contributed by atoms with E-state index in [9.17, 15) is 10.2 Å². The molecule has 3 rings (SSSR count). The molecule has 0 aromatic carbocycles. The lowest BCUT2D eigenvalue weighted by Gasteiger charge is -2.16. The quantitative estimate of drug-likeness (QED) is 0.500. The first-order valence-corrected chi connectivity index (χ1v) is 5.46. The number of rotatable bonds is 1. The Morgan fingerprint density at radius 2 is 2.05 bits per heavy atom. The third-order valence-electron chi connectivity index (χ3n) is 2.96. The molecule has 19 heavy (non-hydrogen) atoms. The zero-order valence-electron chi connectivity index (χ0n) is 9.76. The lowest BCUT2D eigenvalue weighted by molar-refractivity contribution is -0.0118. The molecule has 1 aliphatic rings. The summed E-state index contributed by atoms with van der Waals surface area (Å²) in [6, 6.07) is 0. The average molecular weight is 264 g/mol. The van der Waals surface area contributed by atoms with Gasteiger partial charge in [-0.3, -0.25) is 4.57 Å². The second-order valence-electron chi connectivity index (χ2n) is 4.20.